The highest BCUT2D eigenvalue weighted by molar-refractivity contribution is 6.04. The average Bonchev–Trinajstić information content (AvgIpc) is 3.02. The summed E-state index contributed by atoms with van der Waals surface area (Å²) >= 11 is 0. The summed E-state index contributed by atoms with van der Waals surface area (Å²) in [4.78, 5) is 19.0. The van der Waals surface area contributed by atoms with Gasteiger partial charge >= 0.3 is 6.29 Å². The van der Waals surface area contributed by atoms with E-state index in [0.717, 1.165) is 0 Å². The lowest BCUT2D eigenvalue weighted by molar-refractivity contribution is -0.286. The number of alkyl halides is 2. The van der Waals surface area contributed by atoms with Crippen molar-refractivity contribution in [3.05, 3.63) is 48.0 Å². The molecule has 23 heavy (non-hydrogen) atoms. The normalized spacial score (nSPS) is 14.9. The van der Waals surface area contributed by atoms with Crippen molar-refractivity contribution in [2.75, 3.05) is 5.32 Å². The second kappa shape index (κ2) is 4.67. The minimum Gasteiger partial charge on any atom is -0.395 e. The van der Waals surface area contributed by atoms with Gasteiger partial charge in [0.15, 0.2) is 11.5 Å². The molecular formula is C15H9F2N3O3. The van der Waals surface area contributed by atoms with Crippen molar-refractivity contribution < 1.29 is 23.0 Å². The molecule has 8 heteroatoms. The molecule has 0 unspecified atom stereocenters. The van der Waals surface area contributed by atoms with Gasteiger partial charge in [0.1, 0.15) is 0 Å². The zero-order valence-corrected chi connectivity index (χ0v) is 11.5. The first-order chi connectivity index (χ1) is 11.0. The summed E-state index contributed by atoms with van der Waals surface area (Å²) in [5.41, 5.74) is 1.28. The minimum atomic E-state index is -3.68. The highest BCUT2D eigenvalue weighted by atomic mass is 19.3. The predicted molar refractivity (Wildman–Crippen MR) is 76.7 cm³/mol. The minimum absolute atomic E-state index is 0.0907. The number of hydrogen-bond acceptors (Lipinski definition) is 4. The van der Waals surface area contributed by atoms with Crippen molar-refractivity contribution in [3.63, 3.8) is 0 Å². The van der Waals surface area contributed by atoms with Crippen LogP contribution in [0.2, 0.25) is 0 Å². The molecule has 0 radical (unpaired) electrons. The fraction of sp³-hybridized carbons (Fsp3) is 0.0667. The van der Waals surface area contributed by atoms with Crippen LogP contribution < -0.4 is 14.8 Å². The van der Waals surface area contributed by atoms with Gasteiger partial charge in [-0.25, -0.2) is 4.98 Å². The van der Waals surface area contributed by atoms with Gasteiger partial charge in [-0.05, 0) is 12.1 Å². The number of halogens is 2. The molecule has 2 N–H and O–H groups in total. The van der Waals surface area contributed by atoms with E-state index in [4.69, 9.17) is 0 Å². The number of H-pyrrole nitrogens is 1. The van der Waals surface area contributed by atoms with Gasteiger partial charge in [0.2, 0.25) is 5.95 Å². The van der Waals surface area contributed by atoms with Gasteiger partial charge in [0, 0.05) is 17.7 Å². The lowest BCUT2D eigenvalue weighted by Gasteiger charge is -2.04. The van der Waals surface area contributed by atoms with Crippen LogP contribution in [0.15, 0.2) is 42.5 Å². The SMILES string of the molecule is O=C(Nc1nc2cc3c(cc2[nH]1)OC(F)(F)O3)c1ccccc1. The molecule has 0 aliphatic carbocycles. The van der Waals surface area contributed by atoms with Crippen molar-refractivity contribution in [2.45, 2.75) is 6.29 Å². The first-order valence-corrected chi connectivity index (χ1v) is 6.66. The highest BCUT2D eigenvalue weighted by Crippen LogP contribution is 2.42. The standard InChI is InChI=1S/C15H9F2N3O3/c16-15(17)22-11-6-9-10(7-12(11)23-15)19-14(18-9)20-13(21)8-4-2-1-3-5-8/h1-7H,(H2,18,19,20,21). The molecule has 0 fully saturated rings. The van der Waals surface area contributed by atoms with Crippen molar-refractivity contribution >= 4 is 22.9 Å². The lowest BCUT2D eigenvalue weighted by atomic mass is 10.2. The maximum atomic E-state index is 13.0. The quantitative estimate of drug-likeness (QED) is 0.761. The number of benzene rings is 2. The molecule has 116 valence electrons. The zero-order chi connectivity index (χ0) is 16.0. The third-order valence-electron chi connectivity index (χ3n) is 3.27. The van der Waals surface area contributed by atoms with E-state index in [-0.39, 0.29) is 23.4 Å². The average molecular weight is 317 g/mol. The third kappa shape index (κ3) is 2.44. The van der Waals surface area contributed by atoms with E-state index >= 15 is 0 Å². The first-order valence-electron chi connectivity index (χ1n) is 6.66. The Morgan fingerprint density at radius 3 is 2.57 bits per heavy atom. The number of aromatic amines is 1. The fourth-order valence-electron chi connectivity index (χ4n) is 2.28. The number of nitrogens with zero attached hydrogens (tertiary/aromatic N) is 1. The Morgan fingerprint density at radius 1 is 1.13 bits per heavy atom. The Hall–Kier alpha value is -3.16. The van der Waals surface area contributed by atoms with Gasteiger partial charge in [-0.2, -0.15) is 0 Å². The number of amides is 1. The lowest BCUT2D eigenvalue weighted by Crippen LogP contribution is -2.25. The van der Waals surface area contributed by atoms with Crippen molar-refractivity contribution in [1.29, 1.82) is 0 Å². The van der Waals surface area contributed by atoms with E-state index in [0.29, 0.717) is 16.6 Å². The molecule has 1 aromatic heterocycles. The van der Waals surface area contributed by atoms with Crippen LogP contribution in [0.5, 0.6) is 11.5 Å². The third-order valence-corrected chi connectivity index (χ3v) is 3.27. The van der Waals surface area contributed by atoms with Crippen LogP contribution in [-0.4, -0.2) is 22.2 Å². The van der Waals surface area contributed by atoms with Crippen molar-refractivity contribution in [1.82, 2.24) is 9.97 Å². The number of nitrogens with one attached hydrogen (secondary N) is 2. The summed E-state index contributed by atoms with van der Waals surface area (Å²) in [6.07, 6.45) is -3.68. The monoisotopic (exact) mass is 317 g/mol. The number of hydrogen-bond donors (Lipinski definition) is 2. The molecule has 0 spiro atoms. The maximum Gasteiger partial charge on any atom is 0.586 e. The second-order valence-electron chi connectivity index (χ2n) is 4.89. The van der Waals surface area contributed by atoms with Crippen LogP contribution >= 0.6 is 0 Å². The predicted octanol–water partition coefficient (Wildman–Crippen LogP) is 3.14. The first kappa shape index (κ1) is 13.5. The molecule has 0 atom stereocenters. The van der Waals surface area contributed by atoms with Crippen molar-refractivity contribution in [3.8, 4) is 11.5 Å². The molecule has 3 aromatic rings. The number of carbonyl (C=O) groups excluding carboxylic acids is 1. The van der Waals surface area contributed by atoms with Gasteiger partial charge < -0.3 is 14.5 Å². The Labute approximate surface area is 128 Å². The molecular weight excluding hydrogens is 308 g/mol. The number of aromatic nitrogens is 2. The van der Waals surface area contributed by atoms with Crippen LogP contribution in [0.1, 0.15) is 10.4 Å². The summed E-state index contributed by atoms with van der Waals surface area (Å²) < 4.78 is 34.7. The summed E-state index contributed by atoms with van der Waals surface area (Å²) in [6.45, 7) is 0. The topological polar surface area (TPSA) is 76.2 Å². The Morgan fingerprint density at radius 2 is 1.83 bits per heavy atom. The molecule has 6 nitrogen and oxygen atoms in total. The number of imidazole rings is 1. The highest BCUT2D eigenvalue weighted by Gasteiger charge is 2.43. The van der Waals surface area contributed by atoms with Gasteiger partial charge in [-0.15, -0.1) is 8.78 Å². The largest absolute Gasteiger partial charge is 0.586 e. The van der Waals surface area contributed by atoms with Crippen molar-refractivity contribution in [2.24, 2.45) is 0 Å². The fourth-order valence-corrected chi connectivity index (χ4v) is 2.28. The number of fused-ring (bicyclic) bond motifs is 2. The molecule has 4 rings (SSSR count). The molecule has 0 saturated carbocycles. The summed E-state index contributed by atoms with van der Waals surface area (Å²) in [7, 11) is 0. The summed E-state index contributed by atoms with van der Waals surface area (Å²) in [5, 5.41) is 2.60. The van der Waals surface area contributed by atoms with E-state index in [9.17, 15) is 13.6 Å². The second-order valence-corrected chi connectivity index (χ2v) is 4.89. The number of ether oxygens (including phenoxy) is 2. The molecule has 2 heterocycles. The van der Waals surface area contributed by atoms with Gasteiger partial charge in [0.05, 0.1) is 11.0 Å². The van der Waals surface area contributed by atoms with Gasteiger partial charge in [0.25, 0.3) is 5.91 Å². The van der Waals surface area contributed by atoms with Crippen LogP contribution in [-0.2, 0) is 0 Å². The molecule has 2 aromatic carbocycles. The van der Waals surface area contributed by atoms with Gasteiger partial charge in [-0.1, -0.05) is 18.2 Å². The van der Waals surface area contributed by atoms with Crippen LogP contribution in [0, 0.1) is 0 Å². The zero-order valence-electron chi connectivity index (χ0n) is 11.5. The van der Waals surface area contributed by atoms with E-state index in [1.54, 1.807) is 30.3 Å². The number of anilines is 1. The molecule has 1 aliphatic heterocycles. The van der Waals surface area contributed by atoms with Crippen LogP contribution in [0.25, 0.3) is 11.0 Å². The molecule has 1 amide bonds. The molecule has 0 bridgehead atoms. The maximum absolute atomic E-state index is 13.0. The summed E-state index contributed by atoms with van der Waals surface area (Å²) in [6, 6.07) is 11.3. The van der Waals surface area contributed by atoms with Gasteiger partial charge in [-0.3, -0.25) is 10.1 Å². The molecule has 1 aliphatic rings. The van der Waals surface area contributed by atoms with E-state index < -0.39 is 6.29 Å². The van der Waals surface area contributed by atoms with E-state index in [1.807, 2.05) is 0 Å². The Bertz CT molecular complexity index is 864. The van der Waals surface area contributed by atoms with Crippen LogP contribution in [0.4, 0.5) is 14.7 Å². The van der Waals surface area contributed by atoms with Crippen LogP contribution in [0.3, 0.4) is 0 Å². The number of carbonyl (C=O) groups is 1. The van der Waals surface area contributed by atoms with E-state index in [1.165, 1.54) is 12.1 Å². The molecule has 0 saturated heterocycles. The van der Waals surface area contributed by atoms with E-state index in [2.05, 4.69) is 24.8 Å². The Balaban J connectivity index is 1.62. The smallest absolute Gasteiger partial charge is 0.395 e. The Kier molecular flexibility index (Phi) is 2.74. The summed E-state index contributed by atoms with van der Waals surface area (Å²) in [5.74, 6) is -0.331. The number of rotatable bonds is 2.